The fourth-order valence-electron chi connectivity index (χ4n) is 2.10. The standard InChI is InChI=1S/C14H14F2N4O/c15-14(16)21-11-4-2-1-3-9(11)13-18-10(8-5-6-8)7-12(19-13)20-17/h1-4,7-8,14H,5-6,17H2,(H,18,19,20). The molecule has 1 aliphatic carbocycles. The summed E-state index contributed by atoms with van der Waals surface area (Å²) in [6.45, 7) is -2.90. The van der Waals surface area contributed by atoms with E-state index in [1.165, 1.54) is 6.07 Å². The number of nitrogens with two attached hydrogens (primary N) is 1. The van der Waals surface area contributed by atoms with Gasteiger partial charge in [-0.05, 0) is 25.0 Å². The van der Waals surface area contributed by atoms with Gasteiger partial charge in [0.1, 0.15) is 11.6 Å². The van der Waals surface area contributed by atoms with Crippen LogP contribution < -0.4 is 16.0 Å². The van der Waals surface area contributed by atoms with Crippen LogP contribution in [0.1, 0.15) is 24.5 Å². The first-order valence-corrected chi connectivity index (χ1v) is 6.57. The number of nitrogens with one attached hydrogen (secondary N) is 1. The summed E-state index contributed by atoms with van der Waals surface area (Å²) in [6, 6.07) is 8.22. The van der Waals surface area contributed by atoms with Crippen molar-refractivity contribution in [2.45, 2.75) is 25.4 Å². The average Bonchev–Trinajstić information content (AvgIpc) is 3.31. The predicted molar refractivity (Wildman–Crippen MR) is 73.9 cm³/mol. The second-order valence-corrected chi connectivity index (χ2v) is 4.79. The molecule has 3 rings (SSSR count). The topological polar surface area (TPSA) is 73.1 Å². The Morgan fingerprint density at radius 3 is 2.67 bits per heavy atom. The van der Waals surface area contributed by atoms with E-state index in [0.717, 1.165) is 18.5 Å². The molecule has 1 aromatic heterocycles. The summed E-state index contributed by atoms with van der Waals surface area (Å²) in [6.07, 6.45) is 2.13. The maximum Gasteiger partial charge on any atom is 0.387 e. The molecule has 0 amide bonds. The molecule has 3 N–H and O–H groups in total. The third-order valence-corrected chi connectivity index (χ3v) is 3.23. The number of halogens is 2. The van der Waals surface area contributed by atoms with Crippen molar-refractivity contribution < 1.29 is 13.5 Å². The minimum Gasteiger partial charge on any atom is -0.434 e. The van der Waals surface area contributed by atoms with Crippen LogP contribution in [0.15, 0.2) is 30.3 Å². The van der Waals surface area contributed by atoms with Crippen LogP contribution in [0.2, 0.25) is 0 Å². The quantitative estimate of drug-likeness (QED) is 0.655. The first-order valence-electron chi connectivity index (χ1n) is 6.57. The summed E-state index contributed by atoms with van der Waals surface area (Å²) in [5.74, 6) is 6.62. The lowest BCUT2D eigenvalue weighted by Crippen LogP contribution is -2.11. The fraction of sp³-hybridized carbons (Fsp3) is 0.286. The van der Waals surface area contributed by atoms with E-state index in [-0.39, 0.29) is 5.75 Å². The monoisotopic (exact) mass is 292 g/mol. The summed E-state index contributed by atoms with van der Waals surface area (Å²) < 4.78 is 29.5. The number of ether oxygens (including phenoxy) is 1. The molecule has 1 saturated carbocycles. The Bertz CT molecular complexity index is 647. The van der Waals surface area contributed by atoms with Gasteiger partial charge in [0.15, 0.2) is 5.82 Å². The smallest absolute Gasteiger partial charge is 0.387 e. The molecule has 1 fully saturated rings. The third kappa shape index (κ3) is 3.08. The van der Waals surface area contributed by atoms with Crippen LogP contribution in [-0.4, -0.2) is 16.6 Å². The van der Waals surface area contributed by atoms with Gasteiger partial charge in [-0.25, -0.2) is 15.8 Å². The zero-order valence-electron chi connectivity index (χ0n) is 11.1. The second kappa shape index (κ2) is 5.61. The molecule has 7 heteroatoms. The van der Waals surface area contributed by atoms with E-state index in [4.69, 9.17) is 5.84 Å². The Morgan fingerprint density at radius 2 is 2.00 bits per heavy atom. The first kappa shape index (κ1) is 13.7. The zero-order valence-corrected chi connectivity index (χ0v) is 11.1. The molecule has 5 nitrogen and oxygen atoms in total. The highest BCUT2D eigenvalue weighted by Crippen LogP contribution is 2.40. The van der Waals surface area contributed by atoms with Crippen LogP contribution in [0.5, 0.6) is 5.75 Å². The van der Waals surface area contributed by atoms with E-state index < -0.39 is 6.61 Å². The summed E-state index contributed by atoms with van der Waals surface area (Å²) >= 11 is 0. The van der Waals surface area contributed by atoms with Gasteiger partial charge in [0.2, 0.25) is 0 Å². The number of para-hydroxylation sites is 1. The van der Waals surface area contributed by atoms with Gasteiger partial charge in [-0.15, -0.1) is 0 Å². The summed E-state index contributed by atoms with van der Waals surface area (Å²) in [4.78, 5) is 8.68. The molecule has 0 aliphatic heterocycles. The van der Waals surface area contributed by atoms with Crippen molar-refractivity contribution in [2.75, 3.05) is 5.43 Å². The number of benzene rings is 1. The Morgan fingerprint density at radius 1 is 1.24 bits per heavy atom. The predicted octanol–water partition coefficient (Wildman–Crippen LogP) is 2.91. The molecule has 0 spiro atoms. The van der Waals surface area contributed by atoms with Crippen LogP contribution in [0.3, 0.4) is 0 Å². The van der Waals surface area contributed by atoms with Crippen LogP contribution >= 0.6 is 0 Å². The normalized spacial score (nSPS) is 14.3. The van der Waals surface area contributed by atoms with Gasteiger partial charge in [-0.1, -0.05) is 12.1 Å². The molecule has 21 heavy (non-hydrogen) atoms. The molecule has 0 saturated heterocycles. The van der Waals surface area contributed by atoms with Gasteiger partial charge in [0.05, 0.1) is 5.56 Å². The van der Waals surface area contributed by atoms with Crippen LogP contribution in [-0.2, 0) is 0 Å². The Hall–Kier alpha value is -2.28. The average molecular weight is 292 g/mol. The summed E-state index contributed by atoms with van der Waals surface area (Å²) in [7, 11) is 0. The minimum atomic E-state index is -2.90. The summed E-state index contributed by atoms with van der Waals surface area (Å²) in [5, 5.41) is 0. The number of alkyl halides is 2. The molecule has 0 atom stereocenters. The highest BCUT2D eigenvalue weighted by molar-refractivity contribution is 5.65. The molecule has 1 heterocycles. The van der Waals surface area contributed by atoms with Gasteiger partial charge in [0, 0.05) is 17.7 Å². The number of aromatic nitrogens is 2. The number of nitrogen functional groups attached to an aromatic ring is 1. The van der Waals surface area contributed by atoms with Gasteiger partial charge in [-0.2, -0.15) is 8.78 Å². The Labute approximate surface area is 120 Å². The van der Waals surface area contributed by atoms with Crippen LogP contribution in [0, 0.1) is 0 Å². The molecule has 110 valence electrons. The molecule has 2 aromatic rings. The van der Waals surface area contributed by atoms with Gasteiger partial charge < -0.3 is 10.2 Å². The van der Waals surface area contributed by atoms with Crippen LogP contribution in [0.25, 0.3) is 11.4 Å². The molecule has 0 bridgehead atoms. The minimum absolute atomic E-state index is 0.0448. The molecule has 1 aromatic carbocycles. The van der Waals surface area contributed by atoms with Crippen molar-refractivity contribution >= 4 is 5.82 Å². The number of hydrogen-bond acceptors (Lipinski definition) is 5. The van der Waals surface area contributed by atoms with E-state index in [2.05, 4.69) is 20.1 Å². The van der Waals surface area contributed by atoms with Crippen molar-refractivity contribution in [2.24, 2.45) is 5.84 Å². The number of hydrogen-bond donors (Lipinski definition) is 2. The van der Waals surface area contributed by atoms with Crippen molar-refractivity contribution in [1.29, 1.82) is 0 Å². The van der Waals surface area contributed by atoms with Crippen molar-refractivity contribution in [1.82, 2.24) is 9.97 Å². The van der Waals surface area contributed by atoms with E-state index in [1.54, 1.807) is 24.3 Å². The second-order valence-electron chi connectivity index (χ2n) is 4.79. The van der Waals surface area contributed by atoms with Crippen molar-refractivity contribution in [3.05, 3.63) is 36.0 Å². The maximum atomic E-state index is 12.5. The number of nitrogens with zero attached hydrogens (tertiary/aromatic N) is 2. The lowest BCUT2D eigenvalue weighted by atomic mass is 10.1. The van der Waals surface area contributed by atoms with E-state index >= 15 is 0 Å². The number of rotatable bonds is 5. The van der Waals surface area contributed by atoms with Gasteiger partial charge in [-0.3, -0.25) is 0 Å². The maximum absolute atomic E-state index is 12.5. The largest absolute Gasteiger partial charge is 0.434 e. The lowest BCUT2D eigenvalue weighted by molar-refractivity contribution is -0.0494. The molecular formula is C14H14F2N4O. The third-order valence-electron chi connectivity index (χ3n) is 3.23. The number of anilines is 1. The van der Waals surface area contributed by atoms with Gasteiger partial charge >= 0.3 is 6.61 Å². The van der Waals surface area contributed by atoms with Crippen LogP contribution in [0.4, 0.5) is 14.6 Å². The van der Waals surface area contributed by atoms with E-state index in [9.17, 15) is 8.78 Å². The first-order chi connectivity index (χ1) is 10.2. The molecule has 0 radical (unpaired) electrons. The van der Waals surface area contributed by atoms with E-state index in [0.29, 0.717) is 23.1 Å². The zero-order chi connectivity index (χ0) is 14.8. The SMILES string of the molecule is NNc1cc(C2CC2)nc(-c2ccccc2OC(F)F)n1. The Kier molecular flexibility index (Phi) is 3.66. The number of hydrazine groups is 1. The highest BCUT2D eigenvalue weighted by Gasteiger charge is 2.26. The summed E-state index contributed by atoms with van der Waals surface area (Å²) in [5.41, 5.74) is 3.75. The highest BCUT2D eigenvalue weighted by atomic mass is 19.3. The lowest BCUT2D eigenvalue weighted by Gasteiger charge is -2.11. The van der Waals surface area contributed by atoms with Gasteiger partial charge in [0.25, 0.3) is 0 Å². The Balaban J connectivity index is 2.05. The molecular weight excluding hydrogens is 278 g/mol. The molecule has 1 aliphatic rings. The fourth-order valence-corrected chi connectivity index (χ4v) is 2.10. The van der Waals surface area contributed by atoms with Crippen molar-refractivity contribution in [3.63, 3.8) is 0 Å². The van der Waals surface area contributed by atoms with E-state index in [1.807, 2.05) is 0 Å². The van der Waals surface area contributed by atoms with Crippen molar-refractivity contribution in [3.8, 4) is 17.1 Å². The molecule has 0 unspecified atom stereocenters.